The van der Waals surface area contributed by atoms with Crippen molar-refractivity contribution in [2.45, 2.75) is 19.4 Å². The Hall–Kier alpha value is -2.30. The van der Waals surface area contributed by atoms with Crippen molar-refractivity contribution in [3.63, 3.8) is 0 Å². The molecule has 0 spiro atoms. The van der Waals surface area contributed by atoms with Crippen LogP contribution < -0.4 is 15.0 Å². The van der Waals surface area contributed by atoms with Gasteiger partial charge < -0.3 is 9.47 Å². The number of ether oxygens (including phenoxy) is 2. The Labute approximate surface area is 116 Å². The van der Waals surface area contributed by atoms with Crippen LogP contribution in [0.3, 0.4) is 0 Å². The van der Waals surface area contributed by atoms with Crippen molar-refractivity contribution in [3.8, 4) is 11.6 Å². The van der Waals surface area contributed by atoms with Gasteiger partial charge in [-0.25, -0.2) is 4.68 Å². The van der Waals surface area contributed by atoms with Gasteiger partial charge in [-0.3, -0.25) is 4.79 Å². The van der Waals surface area contributed by atoms with E-state index in [9.17, 15) is 4.79 Å². The predicted octanol–water partition coefficient (Wildman–Crippen LogP) is 1.63. The molecule has 1 aromatic carbocycles. The first-order chi connectivity index (χ1) is 9.76. The summed E-state index contributed by atoms with van der Waals surface area (Å²) in [5.74, 6) is 1.38. The largest absolute Gasteiger partial charge is 0.497 e. The normalized spacial score (nSPS) is 13.4. The molecule has 0 saturated heterocycles. The van der Waals surface area contributed by atoms with Gasteiger partial charge in [-0.2, -0.15) is 0 Å². The van der Waals surface area contributed by atoms with Gasteiger partial charge in [-0.15, -0.1) is 5.10 Å². The lowest BCUT2D eigenvalue weighted by atomic mass is 10.1. The van der Waals surface area contributed by atoms with Crippen LogP contribution in [-0.4, -0.2) is 23.5 Å². The highest BCUT2D eigenvalue weighted by Crippen LogP contribution is 2.19. The molecule has 3 rings (SSSR count). The standard InChI is InChI=1S/C15H16N2O3/c1-19-13-6-4-11(5-7-13)10-17-14(18)9-12-3-2-8-20-15(12)16-17/h4-7,9H,2-3,8,10H2,1H3. The Morgan fingerprint density at radius 1 is 1.35 bits per heavy atom. The quantitative estimate of drug-likeness (QED) is 0.852. The molecule has 0 aliphatic carbocycles. The van der Waals surface area contributed by atoms with Crippen molar-refractivity contribution in [2.24, 2.45) is 0 Å². The van der Waals surface area contributed by atoms with Gasteiger partial charge >= 0.3 is 0 Å². The fourth-order valence-corrected chi connectivity index (χ4v) is 2.26. The average Bonchev–Trinajstić information content (AvgIpc) is 2.49. The summed E-state index contributed by atoms with van der Waals surface area (Å²) in [5, 5.41) is 4.30. The van der Waals surface area contributed by atoms with Crippen LogP contribution in [0, 0.1) is 0 Å². The molecule has 0 fully saturated rings. The Kier molecular flexibility index (Phi) is 3.41. The molecule has 0 saturated carbocycles. The van der Waals surface area contributed by atoms with Crippen LogP contribution in [0.25, 0.3) is 0 Å². The number of hydrogen-bond donors (Lipinski definition) is 0. The molecular formula is C15H16N2O3. The van der Waals surface area contributed by atoms with Gasteiger partial charge in [0, 0.05) is 11.6 Å². The molecule has 5 nitrogen and oxygen atoms in total. The van der Waals surface area contributed by atoms with Crippen molar-refractivity contribution in [3.05, 3.63) is 51.8 Å². The van der Waals surface area contributed by atoms with Crippen LogP contribution in [-0.2, 0) is 13.0 Å². The van der Waals surface area contributed by atoms with Crippen LogP contribution in [0.15, 0.2) is 35.1 Å². The lowest BCUT2D eigenvalue weighted by Gasteiger charge is -2.16. The number of aromatic nitrogens is 2. The molecule has 0 N–H and O–H groups in total. The van der Waals surface area contributed by atoms with E-state index in [1.165, 1.54) is 4.68 Å². The molecule has 0 amide bonds. The van der Waals surface area contributed by atoms with E-state index in [1.807, 2.05) is 24.3 Å². The van der Waals surface area contributed by atoms with Gasteiger partial charge in [0.2, 0.25) is 5.88 Å². The van der Waals surface area contributed by atoms with Gasteiger partial charge in [0.1, 0.15) is 5.75 Å². The zero-order valence-electron chi connectivity index (χ0n) is 11.3. The summed E-state index contributed by atoms with van der Waals surface area (Å²) >= 11 is 0. The summed E-state index contributed by atoms with van der Waals surface area (Å²) in [6, 6.07) is 9.22. The van der Waals surface area contributed by atoms with E-state index in [2.05, 4.69) is 5.10 Å². The van der Waals surface area contributed by atoms with Crippen molar-refractivity contribution in [1.82, 2.24) is 9.78 Å². The van der Waals surface area contributed by atoms with E-state index in [1.54, 1.807) is 13.2 Å². The zero-order valence-corrected chi connectivity index (χ0v) is 11.3. The Morgan fingerprint density at radius 2 is 2.15 bits per heavy atom. The molecule has 0 radical (unpaired) electrons. The Bertz CT molecular complexity index is 662. The summed E-state index contributed by atoms with van der Waals surface area (Å²) in [7, 11) is 1.63. The number of fused-ring (bicyclic) bond motifs is 1. The molecular weight excluding hydrogens is 256 g/mol. The minimum absolute atomic E-state index is 0.0925. The van der Waals surface area contributed by atoms with Crippen LogP contribution in [0.4, 0.5) is 0 Å². The molecule has 2 heterocycles. The summed E-state index contributed by atoms with van der Waals surface area (Å²) in [6.45, 7) is 1.10. The molecule has 5 heteroatoms. The third-order valence-corrected chi connectivity index (χ3v) is 3.36. The number of aryl methyl sites for hydroxylation is 1. The van der Waals surface area contributed by atoms with Crippen molar-refractivity contribution < 1.29 is 9.47 Å². The third-order valence-electron chi connectivity index (χ3n) is 3.36. The van der Waals surface area contributed by atoms with E-state index in [-0.39, 0.29) is 5.56 Å². The van der Waals surface area contributed by atoms with Crippen molar-refractivity contribution in [2.75, 3.05) is 13.7 Å². The van der Waals surface area contributed by atoms with Gasteiger partial charge in [-0.1, -0.05) is 12.1 Å². The van der Waals surface area contributed by atoms with E-state index >= 15 is 0 Å². The fraction of sp³-hybridized carbons (Fsp3) is 0.333. The number of rotatable bonds is 3. The molecule has 0 bridgehead atoms. The topological polar surface area (TPSA) is 53.4 Å². The second kappa shape index (κ2) is 5.36. The van der Waals surface area contributed by atoms with E-state index in [0.717, 1.165) is 29.7 Å². The second-order valence-electron chi connectivity index (χ2n) is 4.77. The molecule has 1 aliphatic heterocycles. The monoisotopic (exact) mass is 272 g/mol. The van der Waals surface area contributed by atoms with Crippen molar-refractivity contribution >= 4 is 0 Å². The SMILES string of the molecule is COc1ccc(Cn2nc3c(cc2=O)CCCO3)cc1. The van der Waals surface area contributed by atoms with Gasteiger partial charge in [0.25, 0.3) is 5.56 Å². The second-order valence-corrected chi connectivity index (χ2v) is 4.77. The Morgan fingerprint density at radius 3 is 2.90 bits per heavy atom. The average molecular weight is 272 g/mol. The van der Waals surface area contributed by atoms with Crippen LogP contribution in [0.1, 0.15) is 17.5 Å². The first-order valence-electron chi connectivity index (χ1n) is 6.63. The first-order valence-corrected chi connectivity index (χ1v) is 6.63. The maximum atomic E-state index is 12.0. The highest BCUT2D eigenvalue weighted by molar-refractivity contribution is 5.28. The smallest absolute Gasteiger partial charge is 0.267 e. The highest BCUT2D eigenvalue weighted by atomic mass is 16.5. The van der Waals surface area contributed by atoms with E-state index in [0.29, 0.717) is 19.0 Å². The maximum absolute atomic E-state index is 12.0. The zero-order chi connectivity index (χ0) is 13.9. The predicted molar refractivity (Wildman–Crippen MR) is 74.4 cm³/mol. The van der Waals surface area contributed by atoms with Crippen molar-refractivity contribution in [1.29, 1.82) is 0 Å². The lowest BCUT2D eigenvalue weighted by molar-refractivity contribution is 0.266. The maximum Gasteiger partial charge on any atom is 0.267 e. The summed E-state index contributed by atoms with van der Waals surface area (Å²) in [4.78, 5) is 12.0. The molecule has 0 atom stereocenters. The minimum atomic E-state index is -0.0925. The lowest BCUT2D eigenvalue weighted by Crippen LogP contribution is -2.26. The van der Waals surface area contributed by atoms with E-state index in [4.69, 9.17) is 9.47 Å². The van der Waals surface area contributed by atoms with E-state index < -0.39 is 0 Å². The summed E-state index contributed by atoms with van der Waals surface area (Å²) < 4.78 is 12.1. The number of hydrogen-bond acceptors (Lipinski definition) is 4. The number of methoxy groups -OCH3 is 1. The number of benzene rings is 1. The summed E-state index contributed by atoms with van der Waals surface area (Å²) in [6.07, 6.45) is 1.80. The van der Waals surface area contributed by atoms with Gasteiger partial charge in [-0.05, 0) is 30.5 Å². The molecule has 104 valence electrons. The molecule has 1 aliphatic rings. The molecule has 0 unspecified atom stereocenters. The minimum Gasteiger partial charge on any atom is -0.497 e. The van der Waals surface area contributed by atoms with Crippen LogP contribution >= 0.6 is 0 Å². The Balaban J connectivity index is 1.88. The first kappa shape index (κ1) is 12.7. The van der Waals surface area contributed by atoms with Crippen LogP contribution in [0.5, 0.6) is 11.6 Å². The summed E-state index contributed by atoms with van der Waals surface area (Å²) in [5.41, 5.74) is 1.81. The van der Waals surface area contributed by atoms with Gasteiger partial charge in [0.05, 0.1) is 20.3 Å². The third kappa shape index (κ3) is 2.52. The molecule has 1 aromatic heterocycles. The highest BCUT2D eigenvalue weighted by Gasteiger charge is 2.14. The van der Waals surface area contributed by atoms with Crippen LogP contribution in [0.2, 0.25) is 0 Å². The fourth-order valence-electron chi connectivity index (χ4n) is 2.26. The van der Waals surface area contributed by atoms with Gasteiger partial charge in [0.15, 0.2) is 0 Å². The molecule has 20 heavy (non-hydrogen) atoms. The molecule has 2 aromatic rings. The number of nitrogens with zero attached hydrogens (tertiary/aromatic N) is 2.